The van der Waals surface area contributed by atoms with E-state index in [1.54, 1.807) is 7.11 Å². The van der Waals surface area contributed by atoms with Gasteiger partial charge in [0.05, 0.1) is 0 Å². The Labute approximate surface area is 103 Å². The van der Waals surface area contributed by atoms with Gasteiger partial charge in [-0.25, -0.2) is 0 Å². The van der Waals surface area contributed by atoms with E-state index in [0.717, 1.165) is 6.61 Å². The van der Waals surface area contributed by atoms with Crippen molar-refractivity contribution in [1.82, 2.24) is 9.80 Å². The lowest BCUT2D eigenvalue weighted by Gasteiger charge is -2.32. The molecule has 1 fully saturated rings. The number of rotatable bonds is 4. The molecule has 1 heterocycles. The Morgan fingerprint density at radius 1 is 0.938 bits per heavy atom. The summed E-state index contributed by atoms with van der Waals surface area (Å²) >= 11 is 0. The third kappa shape index (κ3) is 10.4. The first-order valence-corrected chi connectivity index (χ1v) is 6.73. The van der Waals surface area contributed by atoms with Gasteiger partial charge in [-0.2, -0.15) is 0 Å². The van der Waals surface area contributed by atoms with Crippen LogP contribution in [0.25, 0.3) is 0 Å². The van der Waals surface area contributed by atoms with Crippen molar-refractivity contribution in [3.05, 3.63) is 0 Å². The van der Waals surface area contributed by atoms with Crippen molar-refractivity contribution < 1.29 is 4.74 Å². The van der Waals surface area contributed by atoms with Gasteiger partial charge in [0.25, 0.3) is 0 Å². The van der Waals surface area contributed by atoms with Crippen molar-refractivity contribution in [3.63, 3.8) is 0 Å². The molecule has 3 nitrogen and oxygen atoms in total. The lowest BCUT2D eigenvalue weighted by Crippen LogP contribution is -2.44. The van der Waals surface area contributed by atoms with Crippen LogP contribution < -0.4 is 0 Å². The Morgan fingerprint density at radius 2 is 1.44 bits per heavy atom. The molecular weight excluding hydrogens is 200 g/mol. The fourth-order valence-corrected chi connectivity index (χ4v) is 1.50. The fourth-order valence-electron chi connectivity index (χ4n) is 1.50. The highest BCUT2D eigenvalue weighted by atomic mass is 16.5. The van der Waals surface area contributed by atoms with Crippen LogP contribution in [0.5, 0.6) is 0 Å². The highest BCUT2D eigenvalue weighted by molar-refractivity contribution is 4.68. The quantitative estimate of drug-likeness (QED) is 0.692. The first-order chi connectivity index (χ1) is 7.83. The molecule has 100 valence electrons. The van der Waals surface area contributed by atoms with Crippen LogP contribution in [0, 0.1) is 0 Å². The highest BCUT2D eigenvalue weighted by Gasteiger charge is 2.12. The SMILES string of the molecule is CC.CC.COCCCN1CCN(C)CC1. The van der Waals surface area contributed by atoms with Crippen LogP contribution in [0.3, 0.4) is 0 Å². The number of hydrogen-bond donors (Lipinski definition) is 0. The number of methoxy groups -OCH3 is 1. The summed E-state index contributed by atoms with van der Waals surface area (Å²) in [6.45, 7) is 15.0. The molecule has 0 unspecified atom stereocenters. The van der Waals surface area contributed by atoms with E-state index in [1.165, 1.54) is 39.1 Å². The molecule has 1 rings (SSSR count). The minimum absolute atomic E-state index is 0.895. The van der Waals surface area contributed by atoms with Gasteiger partial charge < -0.3 is 14.5 Å². The van der Waals surface area contributed by atoms with Crippen molar-refractivity contribution in [1.29, 1.82) is 0 Å². The largest absolute Gasteiger partial charge is 0.385 e. The Kier molecular flexibility index (Phi) is 17.0. The van der Waals surface area contributed by atoms with Gasteiger partial charge in [-0.3, -0.25) is 0 Å². The van der Waals surface area contributed by atoms with Crippen LogP contribution >= 0.6 is 0 Å². The smallest absolute Gasteiger partial charge is 0.0474 e. The topological polar surface area (TPSA) is 15.7 Å². The van der Waals surface area contributed by atoms with Crippen LogP contribution in [0.15, 0.2) is 0 Å². The minimum atomic E-state index is 0.895. The Hall–Kier alpha value is -0.120. The fraction of sp³-hybridized carbons (Fsp3) is 1.00. The Morgan fingerprint density at radius 3 is 1.88 bits per heavy atom. The average Bonchev–Trinajstić information content (AvgIpc) is 2.37. The van der Waals surface area contributed by atoms with Gasteiger partial charge in [0.15, 0.2) is 0 Å². The van der Waals surface area contributed by atoms with E-state index in [9.17, 15) is 0 Å². The number of likely N-dealkylation sites (N-methyl/N-ethyl adjacent to an activating group) is 1. The standard InChI is InChI=1S/C9H20N2O.2C2H6/c1-10-5-7-11(8-6-10)4-3-9-12-2;2*1-2/h3-9H2,1-2H3;2*1-2H3. The average molecular weight is 232 g/mol. The second-order valence-electron chi connectivity index (χ2n) is 3.49. The maximum Gasteiger partial charge on any atom is 0.0474 e. The zero-order chi connectivity index (χ0) is 12.8. The van der Waals surface area contributed by atoms with E-state index in [0.29, 0.717) is 0 Å². The molecule has 0 spiro atoms. The molecule has 0 aliphatic carbocycles. The molecule has 0 amide bonds. The Bertz CT molecular complexity index is 113. The summed E-state index contributed by atoms with van der Waals surface area (Å²) in [7, 11) is 3.95. The van der Waals surface area contributed by atoms with Gasteiger partial charge in [-0.1, -0.05) is 27.7 Å². The predicted octanol–water partition coefficient (Wildman–Crippen LogP) is 2.32. The number of hydrogen-bond acceptors (Lipinski definition) is 3. The number of piperazine rings is 1. The molecule has 0 N–H and O–H groups in total. The van der Waals surface area contributed by atoms with Crippen LogP contribution in [0.4, 0.5) is 0 Å². The maximum atomic E-state index is 5.02. The van der Waals surface area contributed by atoms with E-state index in [1.807, 2.05) is 27.7 Å². The van der Waals surface area contributed by atoms with Gasteiger partial charge >= 0.3 is 0 Å². The normalized spacial score (nSPS) is 16.9. The van der Waals surface area contributed by atoms with Crippen LogP contribution in [0.2, 0.25) is 0 Å². The zero-order valence-corrected chi connectivity index (χ0v) is 12.3. The monoisotopic (exact) mass is 232 g/mol. The van der Waals surface area contributed by atoms with Crippen molar-refractivity contribution in [2.75, 3.05) is 53.5 Å². The first kappa shape index (κ1) is 18.3. The van der Waals surface area contributed by atoms with Gasteiger partial charge in [0.1, 0.15) is 0 Å². The van der Waals surface area contributed by atoms with Crippen molar-refractivity contribution >= 4 is 0 Å². The molecule has 0 aromatic rings. The third-order valence-electron chi connectivity index (χ3n) is 2.42. The molecule has 1 aliphatic rings. The molecule has 3 heteroatoms. The number of ether oxygens (including phenoxy) is 1. The summed E-state index contributed by atoms with van der Waals surface area (Å²) in [5.41, 5.74) is 0. The third-order valence-corrected chi connectivity index (χ3v) is 2.42. The molecular formula is C13H32N2O. The lowest BCUT2D eigenvalue weighted by atomic mass is 10.3. The van der Waals surface area contributed by atoms with Crippen LogP contribution in [-0.2, 0) is 4.74 Å². The number of nitrogens with zero attached hydrogens (tertiary/aromatic N) is 2. The van der Waals surface area contributed by atoms with Gasteiger partial charge in [0.2, 0.25) is 0 Å². The predicted molar refractivity (Wildman–Crippen MR) is 73.1 cm³/mol. The molecule has 16 heavy (non-hydrogen) atoms. The molecule has 0 aromatic heterocycles. The van der Waals surface area contributed by atoms with Crippen LogP contribution in [-0.4, -0.2) is 63.3 Å². The van der Waals surface area contributed by atoms with Crippen molar-refractivity contribution in [2.24, 2.45) is 0 Å². The van der Waals surface area contributed by atoms with Gasteiger partial charge in [0, 0.05) is 46.4 Å². The maximum absolute atomic E-state index is 5.02. The summed E-state index contributed by atoms with van der Waals surface area (Å²) in [5.74, 6) is 0. The first-order valence-electron chi connectivity index (χ1n) is 6.73. The minimum Gasteiger partial charge on any atom is -0.385 e. The van der Waals surface area contributed by atoms with Crippen molar-refractivity contribution in [3.8, 4) is 0 Å². The second kappa shape index (κ2) is 14.9. The van der Waals surface area contributed by atoms with Gasteiger partial charge in [-0.05, 0) is 13.5 Å². The van der Waals surface area contributed by atoms with E-state index in [2.05, 4.69) is 16.8 Å². The molecule has 0 bridgehead atoms. The summed E-state index contributed by atoms with van der Waals surface area (Å²) in [6, 6.07) is 0. The van der Waals surface area contributed by atoms with E-state index in [-0.39, 0.29) is 0 Å². The van der Waals surface area contributed by atoms with Crippen LogP contribution in [0.1, 0.15) is 34.1 Å². The summed E-state index contributed by atoms with van der Waals surface area (Å²) in [5, 5.41) is 0. The lowest BCUT2D eigenvalue weighted by molar-refractivity contribution is 0.131. The van der Waals surface area contributed by atoms with E-state index >= 15 is 0 Å². The molecule has 0 atom stereocenters. The molecule has 0 radical (unpaired) electrons. The Balaban J connectivity index is 0. The molecule has 1 aliphatic heterocycles. The summed E-state index contributed by atoms with van der Waals surface area (Å²) in [6.07, 6.45) is 1.17. The molecule has 0 aromatic carbocycles. The zero-order valence-electron chi connectivity index (χ0n) is 12.3. The summed E-state index contributed by atoms with van der Waals surface area (Å²) in [4.78, 5) is 4.89. The molecule has 1 saturated heterocycles. The van der Waals surface area contributed by atoms with Crippen molar-refractivity contribution in [2.45, 2.75) is 34.1 Å². The molecule has 0 saturated carbocycles. The van der Waals surface area contributed by atoms with Gasteiger partial charge in [-0.15, -0.1) is 0 Å². The van der Waals surface area contributed by atoms with E-state index < -0.39 is 0 Å². The second-order valence-corrected chi connectivity index (χ2v) is 3.49. The summed E-state index contributed by atoms with van der Waals surface area (Å²) < 4.78 is 5.02. The highest BCUT2D eigenvalue weighted by Crippen LogP contribution is 1.99. The van der Waals surface area contributed by atoms with E-state index in [4.69, 9.17) is 4.74 Å².